The minimum Gasteiger partial charge on any atom is -0.385 e. The van der Waals surface area contributed by atoms with E-state index >= 15 is 0 Å². The summed E-state index contributed by atoms with van der Waals surface area (Å²) in [4.78, 5) is 8.24. The van der Waals surface area contributed by atoms with Gasteiger partial charge in [0.05, 0.1) is 11.3 Å². The van der Waals surface area contributed by atoms with Gasteiger partial charge in [0, 0.05) is 23.5 Å². The molecule has 138 valence electrons. The fourth-order valence-electron chi connectivity index (χ4n) is 4.32. The van der Waals surface area contributed by atoms with Crippen molar-refractivity contribution in [1.29, 1.82) is 0 Å². The van der Waals surface area contributed by atoms with Crippen LogP contribution in [0.15, 0.2) is 18.5 Å². The van der Waals surface area contributed by atoms with Crippen molar-refractivity contribution in [1.82, 2.24) is 14.5 Å². The summed E-state index contributed by atoms with van der Waals surface area (Å²) in [6, 6.07) is 0.990. The SMILES string of the molecule is Nc1ncc(-c2cn(C34CC(C3)C4)c(C(O)C3CC3)n2)cc1C(F)(F)F. The molecule has 2 bridgehead atoms. The van der Waals surface area contributed by atoms with Gasteiger partial charge < -0.3 is 15.4 Å². The molecular formula is C18H19F3N4O. The average molecular weight is 364 g/mol. The summed E-state index contributed by atoms with van der Waals surface area (Å²) >= 11 is 0. The Hall–Kier alpha value is -2.09. The highest BCUT2D eigenvalue weighted by molar-refractivity contribution is 5.62. The molecule has 1 atom stereocenters. The number of pyridine rings is 1. The minimum absolute atomic E-state index is 0.00475. The molecule has 0 amide bonds. The number of rotatable bonds is 4. The summed E-state index contributed by atoms with van der Waals surface area (Å²) in [5.74, 6) is 0.970. The first kappa shape index (κ1) is 16.1. The standard InChI is InChI=1S/C18H19F3N4O/c19-18(20,21)12-3-11(7-23-15(12)22)13-8-25(17-4-9(5-17)6-17)16(24-13)14(26)10-1-2-10/h3,7-10,14,26H,1-2,4-6H2,(H2,22,23). The van der Waals surface area contributed by atoms with Gasteiger partial charge in [-0.15, -0.1) is 0 Å². The number of nitrogen functional groups attached to an aromatic ring is 1. The summed E-state index contributed by atoms with van der Waals surface area (Å²) in [5, 5.41) is 10.6. The molecule has 2 aromatic rings. The third kappa shape index (κ3) is 2.27. The first-order chi connectivity index (χ1) is 12.3. The monoisotopic (exact) mass is 364 g/mol. The highest BCUT2D eigenvalue weighted by Crippen LogP contribution is 2.63. The van der Waals surface area contributed by atoms with Gasteiger partial charge in [-0.05, 0) is 50.0 Å². The van der Waals surface area contributed by atoms with Crippen molar-refractivity contribution < 1.29 is 18.3 Å². The van der Waals surface area contributed by atoms with Crippen molar-refractivity contribution in [3.63, 3.8) is 0 Å². The third-order valence-corrected chi connectivity index (χ3v) is 6.10. The first-order valence-corrected chi connectivity index (χ1v) is 8.88. The zero-order valence-corrected chi connectivity index (χ0v) is 14.0. The molecule has 26 heavy (non-hydrogen) atoms. The number of aliphatic hydroxyl groups is 1. The fourth-order valence-corrected chi connectivity index (χ4v) is 4.32. The smallest absolute Gasteiger partial charge is 0.385 e. The number of anilines is 1. The van der Waals surface area contributed by atoms with E-state index in [0.717, 1.165) is 44.1 Å². The van der Waals surface area contributed by atoms with Crippen LogP contribution in [-0.2, 0) is 11.7 Å². The molecule has 4 aliphatic carbocycles. The molecule has 0 aliphatic heterocycles. The van der Waals surface area contributed by atoms with E-state index in [1.165, 1.54) is 6.20 Å². The van der Waals surface area contributed by atoms with E-state index in [2.05, 4.69) is 9.97 Å². The van der Waals surface area contributed by atoms with E-state index in [9.17, 15) is 18.3 Å². The number of nitrogens with zero attached hydrogens (tertiary/aromatic N) is 3. The quantitative estimate of drug-likeness (QED) is 0.871. The summed E-state index contributed by atoms with van der Waals surface area (Å²) in [6.45, 7) is 0. The van der Waals surface area contributed by atoms with Crippen molar-refractivity contribution in [3.8, 4) is 11.3 Å². The van der Waals surface area contributed by atoms with Crippen LogP contribution in [0, 0.1) is 11.8 Å². The lowest BCUT2D eigenvalue weighted by atomic mass is 9.49. The summed E-state index contributed by atoms with van der Waals surface area (Å²) < 4.78 is 41.5. The molecule has 0 radical (unpaired) electrons. The number of aliphatic hydroxyl groups excluding tert-OH is 1. The maximum atomic E-state index is 13.1. The number of aromatic nitrogens is 3. The van der Waals surface area contributed by atoms with E-state index in [1.807, 2.05) is 4.57 Å². The van der Waals surface area contributed by atoms with E-state index in [-0.39, 0.29) is 17.0 Å². The minimum atomic E-state index is -4.57. The maximum Gasteiger partial charge on any atom is 0.419 e. The summed E-state index contributed by atoms with van der Waals surface area (Å²) in [5.41, 5.74) is 5.10. The van der Waals surface area contributed by atoms with Crippen molar-refractivity contribution in [2.24, 2.45) is 11.8 Å². The highest BCUT2D eigenvalue weighted by atomic mass is 19.4. The summed E-state index contributed by atoms with van der Waals surface area (Å²) in [6.07, 6.45) is 2.95. The van der Waals surface area contributed by atoms with Crippen LogP contribution >= 0.6 is 0 Å². The number of imidazole rings is 1. The molecular weight excluding hydrogens is 345 g/mol. The van der Waals surface area contributed by atoms with Gasteiger partial charge >= 0.3 is 6.18 Å². The molecule has 0 spiro atoms. The van der Waals surface area contributed by atoms with E-state index in [1.54, 1.807) is 6.20 Å². The first-order valence-electron chi connectivity index (χ1n) is 8.88. The lowest BCUT2D eigenvalue weighted by Gasteiger charge is -2.62. The van der Waals surface area contributed by atoms with Crippen molar-refractivity contribution >= 4 is 5.82 Å². The molecule has 6 rings (SSSR count). The highest BCUT2D eigenvalue weighted by Gasteiger charge is 2.59. The van der Waals surface area contributed by atoms with Crippen molar-refractivity contribution in [2.45, 2.75) is 49.9 Å². The van der Waals surface area contributed by atoms with Gasteiger partial charge in [0.2, 0.25) is 0 Å². The van der Waals surface area contributed by atoms with Gasteiger partial charge in [-0.1, -0.05) is 0 Å². The largest absolute Gasteiger partial charge is 0.419 e. The Bertz CT molecular complexity index is 870. The van der Waals surface area contributed by atoms with Crippen LogP contribution in [0.25, 0.3) is 11.3 Å². The lowest BCUT2D eigenvalue weighted by molar-refractivity contribution is -0.137. The molecule has 0 saturated heterocycles. The maximum absolute atomic E-state index is 13.1. The van der Waals surface area contributed by atoms with Crippen LogP contribution in [0.1, 0.15) is 49.6 Å². The molecule has 2 aromatic heterocycles. The molecule has 8 heteroatoms. The molecule has 2 heterocycles. The molecule has 4 saturated carbocycles. The van der Waals surface area contributed by atoms with Gasteiger partial charge in [0.15, 0.2) is 0 Å². The molecule has 5 nitrogen and oxygen atoms in total. The van der Waals surface area contributed by atoms with Crippen LogP contribution in [0.5, 0.6) is 0 Å². The van der Waals surface area contributed by atoms with E-state index in [0.29, 0.717) is 11.5 Å². The summed E-state index contributed by atoms with van der Waals surface area (Å²) in [7, 11) is 0. The van der Waals surface area contributed by atoms with Gasteiger partial charge in [0.1, 0.15) is 17.7 Å². The second-order valence-corrected chi connectivity index (χ2v) is 7.99. The topological polar surface area (TPSA) is 77.0 Å². The number of alkyl halides is 3. The van der Waals surface area contributed by atoms with E-state index in [4.69, 9.17) is 5.73 Å². The van der Waals surface area contributed by atoms with Gasteiger partial charge in [-0.25, -0.2) is 9.97 Å². The zero-order valence-electron chi connectivity index (χ0n) is 14.0. The molecule has 3 N–H and O–H groups in total. The average Bonchev–Trinajstić information content (AvgIpc) is 3.24. The van der Waals surface area contributed by atoms with Gasteiger partial charge in [0.25, 0.3) is 0 Å². The van der Waals surface area contributed by atoms with Crippen LogP contribution in [0.3, 0.4) is 0 Å². The number of nitrogens with two attached hydrogens (primary N) is 1. The predicted molar refractivity (Wildman–Crippen MR) is 87.9 cm³/mol. The number of halogens is 3. The van der Waals surface area contributed by atoms with Crippen molar-refractivity contribution in [2.75, 3.05) is 5.73 Å². The van der Waals surface area contributed by atoms with Crippen LogP contribution in [0.4, 0.5) is 19.0 Å². The normalized spacial score (nSPS) is 28.4. The second-order valence-electron chi connectivity index (χ2n) is 7.99. The Morgan fingerprint density at radius 1 is 1.27 bits per heavy atom. The van der Waals surface area contributed by atoms with Gasteiger partial charge in [-0.2, -0.15) is 13.2 Å². The Balaban J connectivity index is 1.58. The molecule has 1 unspecified atom stereocenters. The Morgan fingerprint density at radius 2 is 1.96 bits per heavy atom. The fraction of sp³-hybridized carbons (Fsp3) is 0.556. The Kier molecular flexibility index (Phi) is 3.10. The second kappa shape index (κ2) is 5.00. The van der Waals surface area contributed by atoms with Crippen LogP contribution in [-0.4, -0.2) is 19.6 Å². The van der Waals surface area contributed by atoms with Crippen molar-refractivity contribution in [3.05, 3.63) is 29.8 Å². The van der Waals surface area contributed by atoms with Gasteiger partial charge in [-0.3, -0.25) is 0 Å². The zero-order chi connectivity index (χ0) is 18.3. The molecule has 4 fully saturated rings. The number of hydrogen-bond acceptors (Lipinski definition) is 4. The lowest BCUT2D eigenvalue weighted by Crippen LogP contribution is -2.59. The Morgan fingerprint density at radius 3 is 2.50 bits per heavy atom. The third-order valence-electron chi connectivity index (χ3n) is 6.10. The Labute approximate surface area is 148 Å². The molecule has 0 aromatic carbocycles. The van der Waals surface area contributed by atoms with E-state index < -0.39 is 23.7 Å². The molecule has 4 aliphatic rings. The van der Waals surface area contributed by atoms with Crippen LogP contribution < -0.4 is 5.73 Å². The predicted octanol–water partition coefficient (Wildman–Crippen LogP) is 3.50. The van der Waals surface area contributed by atoms with Crippen LogP contribution in [0.2, 0.25) is 0 Å². The number of hydrogen-bond donors (Lipinski definition) is 2.